The van der Waals surface area contributed by atoms with Gasteiger partial charge in [-0.25, -0.2) is 0 Å². The zero-order valence-corrected chi connectivity index (χ0v) is 13.9. The maximum Gasteiger partial charge on any atom is 0.193 e. The molecule has 1 unspecified atom stereocenters. The van der Waals surface area contributed by atoms with Gasteiger partial charge in [0.1, 0.15) is 0 Å². The van der Waals surface area contributed by atoms with Crippen molar-refractivity contribution in [2.24, 2.45) is 4.99 Å². The van der Waals surface area contributed by atoms with E-state index in [4.69, 9.17) is 5.26 Å². The Bertz CT molecular complexity index is 728. The number of hydrogen-bond acceptors (Lipinski definition) is 2. The van der Waals surface area contributed by atoms with Crippen LogP contribution in [0.4, 0.5) is 0 Å². The third kappa shape index (κ3) is 3.75. The highest BCUT2D eigenvalue weighted by molar-refractivity contribution is 5.80. The van der Waals surface area contributed by atoms with Crippen LogP contribution in [0.25, 0.3) is 0 Å². The van der Waals surface area contributed by atoms with Crippen molar-refractivity contribution in [3.05, 3.63) is 71.3 Å². The normalized spacial score (nSPS) is 17.6. The zero-order chi connectivity index (χ0) is 16.8. The van der Waals surface area contributed by atoms with E-state index in [-0.39, 0.29) is 0 Å². The van der Waals surface area contributed by atoms with Gasteiger partial charge in [-0.3, -0.25) is 4.99 Å². The second-order valence-electron chi connectivity index (χ2n) is 6.05. The summed E-state index contributed by atoms with van der Waals surface area (Å²) in [6.07, 6.45) is 1.15. The first-order valence-corrected chi connectivity index (χ1v) is 8.29. The number of nitriles is 1. The third-order valence-corrected chi connectivity index (χ3v) is 4.50. The van der Waals surface area contributed by atoms with E-state index in [1.807, 2.05) is 31.3 Å². The fourth-order valence-corrected chi connectivity index (χ4v) is 3.16. The Morgan fingerprint density at radius 3 is 2.62 bits per heavy atom. The van der Waals surface area contributed by atoms with Gasteiger partial charge in [-0.15, -0.1) is 0 Å². The minimum Gasteiger partial charge on any atom is -0.352 e. The molecular formula is C20H22N4. The van der Waals surface area contributed by atoms with Gasteiger partial charge in [0.25, 0.3) is 0 Å². The average molecular weight is 318 g/mol. The average Bonchev–Trinajstić information content (AvgIpc) is 3.13. The number of aliphatic imine (C=N–C) groups is 1. The Balaban J connectivity index is 1.58. The summed E-state index contributed by atoms with van der Waals surface area (Å²) in [6.45, 7) is 2.73. The molecule has 1 aliphatic rings. The number of nitrogens with one attached hydrogen (secondary N) is 1. The second-order valence-corrected chi connectivity index (χ2v) is 6.05. The quantitative estimate of drug-likeness (QED) is 0.699. The van der Waals surface area contributed by atoms with Gasteiger partial charge in [-0.2, -0.15) is 5.26 Å². The van der Waals surface area contributed by atoms with Crippen molar-refractivity contribution in [3.8, 4) is 6.07 Å². The van der Waals surface area contributed by atoms with E-state index in [0.717, 1.165) is 31.0 Å². The molecule has 0 radical (unpaired) electrons. The lowest BCUT2D eigenvalue weighted by atomic mass is 9.99. The second kappa shape index (κ2) is 7.65. The predicted octanol–water partition coefficient (Wildman–Crippen LogP) is 3.12. The van der Waals surface area contributed by atoms with Gasteiger partial charge >= 0.3 is 0 Å². The number of likely N-dealkylation sites (tertiary alicyclic amines) is 1. The number of nitrogens with zero attached hydrogens (tertiary/aromatic N) is 3. The summed E-state index contributed by atoms with van der Waals surface area (Å²) < 4.78 is 0. The van der Waals surface area contributed by atoms with E-state index in [1.54, 1.807) is 0 Å². The molecule has 1 atom stereocenters. The maximum absolute atomic E-state index is 8.86. The van der Waals surface area contributed by atoms with E-state index in [2.05, 4.69) is 51.6 Å². The van der Waals surface area contributed by atoms with E-state index in [0.29, 0.717) is 18.0 Å². The molecule has 0 amide bonds. The summed E-state index contributed by atoms with van der Waals surface area (Å²) in [7, 11) is 1.83. The summed E-state index contributed by atoms with van der Waals surface area (Å²) in [5.41, 5.74) is 3.24. The molecule has 3 rings (SSSR count). The lowest BCUT2D eigenvalue weighted by molar-refractivity contribution is 0.486. The summed E-state index contributed by atoms with van der Waals surface area (Å²) in [6, 6.07) is 20.5. The van der Waals surface area contributed by atoms with Crippen LogP contribution in [-0.2, 0) is 6.54 Å². The first kappa shape index (κ1) is 16.1. The van der Waals surface area contributed by atoms with Crippen molar-refractivity contribution >= 4 is 5.96 Å². The molecule has 122 valence electrons. The SMILES string of the molecule is CN=C(NCc1ccc(C#N)cc1)N1CCC(c2ccccc2)C1. The van der Waals surface area contributed by atoms with E-state index in [9.17, 15) is 0 Å². The van der Waals surface area contributed by atoms with Gasteiger partial charge in [0.2, 0.25) is 0 Å². The van der Waals surface area contributed by atoms with Gasteiger partial charge in [-0.05, 0) is 29.7 Å². The van der Waals surface area contributed by atoms with Crippen LogP contribution in [0.5, 0.6) is 0 Å². The monoisotopic (exact) mass is 318 g/mol. The van der Waals surface area contributed by atoms with Crippen molar-refractivity contribution in [3.63, 3.8) is 0 Å². The van der Waals surface area contributed by atoms with Gasteiger partial charge in [0, 0.05) is 32.6 Å². The summed E-state index contributed by atoms with van der Waals surface area (Å²) in [4.78, 5) is 6.75. The number of guanidine groups is 1. The van der Waals surface area contributed by atoms with Gasteiger partial charge < -0.3 is 10.2 Å². The van der Waals surface area contributed by atoms with Crippen LogP contribution < -0.4 is 5.32 Å². The molecule has 1 fully saturated rings. The Morgan fingerprint density at radius 2 is 1.96 bits per heavy atom. The highest BCUT2D eigenvalue weighted by Crippen LogP contribution is 2.26. The van der Waals surface area contributed by atoms with Crippen molar-refractivity contribution in [1.29, 1.82) is 5.26 Å². The van der Waals surface area contributed by atoms with Crippen molar-refractivity contribution < 1.29 is 0 Å². The lowest BCUT2D eigenvalue weighted by Crippen LogP contribution is -2.39. The number of benzene rings is 2. The van der Waals surface area contributed by atoms with Gasteiger partial charge in [0.15, 0.2) is 5.96 Å². The van der Waals surface area contributed by atoms with E-state index >= 15 is 0 Å². The molecule has 2 aromatic carbocycles. The maximum atomic E-state index is 8.86. The smallest absolute Gasteiger partial charge is 0.193 e. The van der Waals surface area contributed by atoms with Crippen LogP contribution in [0.1, 0.15) is 29.0 Å². The van der Waals surface area contributed by atoms with Crippen LogP contribution in [0.3, 0.4) is 0 Å². The van der Waals surface area contributed by atoms with Crippen LogP contribution >= 0.6 is 0 Å². The Morgan fingerprint density at radius 1 is 1.21 bits per heavy atom. The number of hydrogen-bond donors (Lipinski definition) is 1. The molecular weight excluding hydrogens is 296 g/mol. The zero-order valence-electron chi connectivity index (χ0n) is 13.9. The van der Waals surface area contributed by atoms with E-state index in [1.165, 1.54) is 5.56 Å². The first-order chi connectivity index (χ1) is 11.8. The summed E-state index contributed by atoms with van der Waals surface area (Å²) in [5, 5.41) is 12.3. The number of rotatable bonds is 3. The van der Waals surface area contributed by atoms with Crippen molar-refractivity contribution in [2.75, 3.05) is 20.1 Å². The van der Waals surface area contributed by atoms with Crippen molar-refractivity contribution in [2.45, 2.75) is 18.9 Å². The molecule has 4 nitrogen and oxygen atoms in total. The van der Waals surface area contributed by atoms with Crippen LogP contribution in [0, 0.1) is 11.3 Å². The first-order valence-electron chi connectivity index (χ1n) is 8.29. The Hall–Kier alpha value is -2.80. The van der Waals surface area contributed by atoms with Crippen LogP contribution in [-0.4, -0.2) is 31.0 Å². The lowest BCUT2D eigenvalue weighted by Gasteiger charge is -2.22. The molecule has 0 aromatic heterocycles. The van der Waals surface area contributed by atoms with Gasteiger partial charge in [-0.1, -0.05) is 42.5 Å². The van der Waals surface area contributed by atoms with Gasteiger partial charge in [0.05, 0.1) is 11.6 Å². The molecule has 4 heteroatoms. The highest BCUT2D eigenvalue weighted by Gasteiger charge is 2.25. The van der Waals surface area contributed by atoms with E-state index < -0.39 is 0 Å². The molecule has 2 aromatic rings. The molecule has 0 aliphatic carbocycles. The third-order valence-electron chi connectivity index (χ3n) is 4.50. The molecule has 0 saturated carbocycles. The topological polar surface area (TPSA) is 51.4 Å². The fraction of sp³-hybridized carbons (Fsp3) is 0.300. The molecule has 1 heterocycles. The molecule has 0 bridgehead atoms. The minimum absolute atomic E-state index is 0.569. The Kier molecular flexibility index (Phi) is 5.12. The Labute approximate surface area is 143 Å². The van der Waals surface area contributed by atoms with Crippen molar-refractivity contribution in [1.82, 2.24) is 10.2 Å². The molecule has 24 heavy (non-hydrogen) atoms. The van der Waals surface area contributed by atoms with Crippen LogP contribution in [0.2, 0.25) is 0 Å². The highest BCUT2D eigenvalue weighted by atomic mass is 15.3. The minimum atomic E-state index is 0.569. The molecule has 0 spiro atoms. The molecule has 1 aliphatic heterocycles. The summed E-state index contributed by atoms with van der Waals surface area (Å²) in [5.74, 6) is 1.51. The molecule has 1 N–H and O–H groups in total. The standard InChI is InChI=1S/C20H22N4/c1-22-20(23-14-17-9-7-16(13-21)8-10-17)24-12-11-19(15-24)18-5-3-2-4-6-18/h2-10,19H,11-12,14-15H2,1H3,(H,22,23). The largest absolute Gasteiger partial charge is 0.352 e. The van der Waals surface area contributed by atoms with Crippen LogP contribution in [0.15, 0.2) is 59.6 Å². The fourth-order valence-electron chi connectivity index (χ4n) is 3.16. The predicted molar refractivity (Wildman–Crippen MR) is 96.7 cm³/mol. The molecule has 1 saturated heterocycles. The summed E-state index contributed by atoms with van der Waals surface area (Å²) >= 11 is 0.